The van der Waals surface area contributed by atoms with E-state index in [1.165, 1.54) is 0 Å². The zero-order chi connectivity index (χ0) is 8.15. The molecule has 0 fully saturated rings. The highest BCUT2D eigenvalue weighted by atomic mass is 16.4. The van der Waals surface area contributed by atoms with Crippen LogP contribution in [0.2, 0.25) is 0 Å². The van der Waals surface area contributed by atoms with Gasteiger partial charge in [-0.3, -0.25) is 0 Å². The van der Waals surface area contributed by atoms with Crippen molar-refractivity contribution in [3.05, 3.63) is 0 Å². The Hall–Kier alpha value is -0.450. The van der Waals surface area contributed by atoms with Crippen LogP contribution in [0.3, 0.4) is 0 Å². The summed E-state index contributed by atoms with van der Waals surface area (Å²) in [7, 11) is 0. The summed E-state index contributed by atoms with van der Waals surface area (Å²) in [6.07, 6.45) is -3.35. The highest BCUT2D eigenvalue weighted by Crippen LogP contribution is 2.01. The smallest absolute Gasteiger partial charge is 0.151 e. The maximum absolute atomic E-state index is 9.85. The van der Waals surface area contributed by atoms with Gasteiger partial charge in [-0.1, -0.05) is 6.92 Å². The van der Waals surface area contributed by atoms with Crippen LogP contribution in [0.4, 0.5) is 0 Å². The minimum atomic E-state index is -1.48. The lowest BCUT2D eigenvalue weighted by molar-refractivity contribution is -0.126. The molecule has 0 radical (unpaired) electrons. The molecule has 4 nitrogen and oxygen atoms in total. The van der Waals surface area contributed by atoms with Crippen LogP contribution < -0.4 is 0 Å². The molecule has 10 heavy (non-hydrogen) atoms. The Morgan fingerprint density at radius 1 is 1.40 bits per heavy atom. The molecular formula is C6H12O4. The van der Waals surface area contributed by atoms with Gasteiger partial charge in [0.1, 0.15) is 12.2 Å². The van der Waals surface area contributed by atoms with Crippen LogP contribution in [-0.4, -0.2) is 39.9 Å². The van der Waals surface area contributed by atoms with Crippen molar-refractivity contribution in [2.75, 3.05) is 0 Å². The Kier molecular flexibility index (Phi) is 4.18. The second-order valence-electron chi connectivity index (χ2n) is 2.09. The third-order valence-corrected chi connectivity index (χ3v) is 1.30. The van der Waals surface area contributed by atoms with Crippen LogP contribution in [-0.2, 0) is 4.79 Å². The van der Waals surface area contributed by atoms with Crippen molar-refractivity contribution in [3.8, 4) is 0 Å². The number of aliphatic hydroxyl groups excluding tert-OH is 3. The molecule has 0 aliphatic carbocycles. The van der Waals surface area contributed by atoms with Crippen molar-refractivity contribution >= 4 is 6.29 Å². The van der Waals surface area contributed by atoms with Crippen LogP contribution >= 0.6 is 0 Å². The maximum Gasteiger partial charge on any atom is 0.151 e. The second kappa shape index (κ2) is 4.38. The standard InChI is InChI=1S/C6H12O4/c1-2-4(8)6(10)5(9)3-7/h3-6,8-10H,2H2,1H3. The molecule has 0 rings (SSSR count). The van der Waals surface area contributed by atoms with Gasteiger partial charge in [-0.2, -0.15) is 0 Å². The third kappa shape index (κ3) is 2.43. The fraction of sp³-hybridized carbons (Fsp3) is 0.833. The summed E-state index contributed by atoms with van der Waals surface area (Å²) in [6, 6.07) is 0. The molecule has 0 amide bonds. The van der Waals surface area contributed by atoms with Gasteiger partial charge in [0.05, 0.1) is 6.10 Å². The first-order valence-corrected chi connectivity index (χ1v) is 3.13. The number of carbonyl (C=O) groups excluding carboxylic acids is 1. The van der Waals surface area contributed by atoms with Gasteiger partial charge >= 0.3 is 0 Å². The monoisotopic (exact) mass is 148 g/mol. The van der Waals surface area contributed by atoms with Crippen molar-refractivity contribution < 1.29 is 20.1 Å². The van der Waals surface area contributed by atoms with E-state index in [1.54, 1.807) is 6.92 Å². The lowest BCUT2D eigenvalue weighted by Crippen LogP contribution is -2.37. The number of aliphatic hydroxyl groups is 3. The fourth-order valence-electron chi connectivity index (χ4n) is 0.550. The van der Waals surface area contributed by atoms with Crippen LogP contribution in [0, 0.1) is 0 Å². The van der Waals surface area contributed by atoms with Crippen molar-refractivity contribution in [2.24, 2.45) is 0 Å². The van der Waals surface area contributed by atoms with Crippen molar-refractivity contribution in [1.82, 2.24) is 0 Å². The molecule has 3 unspecified atom stereocenters. The minimum absolute atomic E-state index is 0.198. The van der Waals surface area contributed by atoms with Gasteiger partial charge < -0.3 is 20.1 Å². The summed E-state index contributed by atoms with van der Waals surface area (Å²) in [4.78, 5) is 9.85. The molecule has 0 aromatic carbocycles. The van der Waals surface area contributed by atoms with E-state index in [0.29, 0.717) is 6.42 Å². The number of hydrogen-bond acceptors (Lipinski definition) is 4. The molecule has 0 spiro atoms. The van der Waals surface area contributed by atoms with Gasteiger partial charge in [-0.25, -0.2) is 0 Å². The number of hydrogen-bond donors (Lipinski definition) is 3. The molecule has 60 valence electrons. The molecule has 0 heterocycles. The zero-order valence-corrected chi connectivity index (χ0v) is 5.77. The Morgan fingerprint density at radius 3 is 2.20 bits per heavy atom. The third-order valence-electron chi connectivity index (χ3n) is 1.30. The molecule has 0 saturated carbocycles. The average Bonchev–Trinajstić information content (AvgIpc) is 2.00. The van der Waals surface area contributed by atoms with Gasteiger partial charge in [0, 0.05) is 0 Å². The van der Waals surface area contributed by atoms with E-state index in [1.807, 2.05) is 0 Å². The Bertz CT molecular complexity index is 104. The van der Waals surface area contributed by atoms with Crippen LogP contribution in [0.1, 0.15) is 13.3 Å². The predicted octanol–water partition coefficient (Wildman–Crippen LogP) is -1.32. The van der Waals surface area contributed by atoms with E-state index >= 15 is 0 Å². The van der Waals surface area contributed by atoms with Crippen LogP contribution in [0.15, 0.2) is 0 Å². The van der Waals surface area contributed by atoms with Gasteiger partial charge in [0.15, 0.2) is 6.29 Å². The molecular weight excluding hydrogens is 136 g/mol. The predicted molar refractivity (Wildman–Crippen MR) is 34.4 cm³/mol. The lowest BCUT2D eigenvalue weighted by atomic mass is 10.1. The number of rotatable bonds is 4. The van der Waals surface area contributed by atoms with Gasteiger partial charge in [-0.05, 0) is 6.42 Å². The van der Waals surface area contributed by atoms with Gasteiger partial charge in [0.25, 0.3) is 0 Å². The molecule has 0 saturated heterocycles. The summed E-state index contributed by atoms with van der Waals surface area (Å²) in [5.41, 5.74) is 0. The SMILES string of the molecule is CCC(O)C(O)C(O)C=O. The molecule has 0 bridgehead atoms. The summed E-state index contributed by atoms with van der Waals surface area (Å²) >= 11 is 0. The Morgan fingerprint density at radius 2 is 1.90 bits per heavy atom. The molecule has 0 aromatic rings. The van der Waals surface area contributed by atoms with Crippen molar-refractivity contribution in [1.29, 1.82) is 0 Å². The van der Waals surface area contributed by atoms with Crippen molar-refractivity contribution in [2.45, 2.75) is 31.7 Å². The van der Waals surface area contributed by atoms with E-state index < -0.39 is 18.3 Å². The fourth-order valence-corrected chi connectivity index (χ4v) is 0.550. The minimum Gasteiger partial charge on any atom is -0.390 e. The molecule has 4 heteroatoms. The summed E-state index contributed by atoms with van der Waals surface area (Å²) < 4.78 is 0. The van der Waals surface area contributed by atoms with E-state index in [9.17, 15) is 4.79 Å². The summed E-state index contributed by atoms with van der Waals surface area (Å²) in [6.45, 7) is 1.64. The zero-order valence-electron chi connectivity index (χ0n) is 5.77. The number of aldehydes is 1. The molecule has 0 aliphatic heterocycles. The highest BCUT2D eigenvalue weighted by Gasteiger charge is 2.21. The quantitative estimate of drug-likeness (QED) is 0.432. The Labute approximate surface area is 59.1 Å². The topological polar surface area (TPSA) is 77.8 Å². The lowest BCUT2D eigenvalue weighted by Gasteiger charge is -2.17. The summed E-state index contributed by atoms with van der Waals surface area (Å²) in [5.74, 6) is 0. The molecule has 3 atom stereocenters. The van der Waals surface area contributed by atoms with E-state index in [2.05, 4.69) is 0 Å². The van der Waals surface area contributed by atoms with Crippen LogP contribution in [0.25, 0.3) is 0 Å². The van der Waals surface area contributed by atoms with Gasteiger partial charge in [-0.15, -0.1) is 0 Å². The first-order valence-electron chi connectivity index (χ1n) is 3.13. The van der Waals surface area contributed by atoms with E-state index in [-0.39, 0.29) is 6.29 Å². The van der Waals surface area contributed by atoms with E-state index in [4.69, 9.17) is 15.3 Å². The second-order valence-corrected chi connectivity index (χ2v) is 2.09. The van der Waals surface area contributed by atoms with Crippen LogP contribution in [0.5, 0.6) is 0 Å². The number of carbonyl (C=O) groups is 1. The largest absolute Gasteiger partial charge is 0.390 e. The maximum atomic E-state index is 9.85. The van der Waals surface area contributed by atoms with Gasteiger partial charge in [0.2, 0.25) is 0 Å². The Balaban J connectivity index is 3.80. The molecule has 0 aromatic heterocycles. The van der Waals surface area contributed by atoms with Crippen molar-refractivity contribution in [3.63, 3.8) is 0 Å². The summed E-state index contributed by atoms with van der Waals surface area (Å²) in [5, 5.41) is 26.4. The molecule has 0 aliphatic rings. The van der Waals surface area contributed by atoms with E-state index in [0.717, 1.165) is 0 Å². The first-order chi connectivity index (χ1) is 4.63. The average molecular weight is 148 g/mol. The first kappa shape index (κ1) is 9.55. The molecule has 3 N–H and O–H groups in total. The normalized spacial score (nSPS) is 19.6. The highest BCUT2D eigenvalue weighted by molar-refractivity contribution is 5.56.